The van der Waals surface area contributed by atoms with Gasteiger partial charge in [0, 0.05) is 12.1 Å². The van der Waals surface area contributed by atoms with E-state index < -0.39 is 17.7 Å². The fourth-order valence-electron chi connectivity index (χ4n) is 4.51. The Morgan fingerprint density at radius 3 is 2.51 bits per heavy atom. The molecule has 2 aliphatic heterocycles. The number of ketones is 1. The third-order valence-electron chi connectivity index (χ3n) is 6.25. The monoisotopic (exact) mass is 471 g/mol. The van der Waals surface area contributed by atoms with Crippen molar-refractivity contribution in [3.05, 3.63) is 95.1 Å². The molecule has 7 nitrogen and oxygen atoms in total. The van der Waals surface area contributed by atoms with Gasteiger partial charge in [-0.3, -0.25) is 9.59 Å². The largest absolute Gasteiger partial charge is 0.507 e. The van der Waals surface area contributed by atoms with Crippen molar-refractivity contribution < 1.29 is 28.9 Å². The number of hydrogen-bond acceptors (Lipinski definition) is 6. The molecule has 0 bridgehead atoms. The second-order valence-electron chi connectivity index (χ2n) is 8.36. The van der Waals surface area contributed by atoms with Gasteiger partial charge in [-0.15, -0.1) is 0 Å². The lowest BCUT2D eigenvalue weighted by Crippen LogP contribution is -2.31. The maximum atomic E-state index is 13.3. The molecule has 2 aliphatic rings. The van der Waals surface area contributed by atoms with Crippen LogP contribution in [0, 0.1) is 0 Å². The van der Waals surface area contributed by atoms with Gasteiger partial charge in [-0.1, -0.05) is 42.5 Å². The molecular weight excluding hydrogens is 446 g/mol. The Morgan fingerprint density at radius 1 is 0.971 bits per heavy atom. The fourth-order valence-corrected chi connectivity index (χ4v) is 4.51. The zero-order valence-electron chi connectivity index (χ0n) is 19.3. The van der Waals surface area contributed by atoms with E-state index in [0.29, 0.717) is 54.6 Å². The standard InChI is InChI=1S/C28H25NO6/c1-33-21-9-5-8-19(16-21)25-24(26(30)20-10-11-22-23(17-20)35-15-14-34-22)27(31)28(32)29(25)13-12-18-6-3-2-4-7-18/h2-11,16-17,25,30H,12-15H2,1H3. The highest BCUT2D eigenvalue weighted by molar-refractivity contribution is 6.46. The smallest absolute Gasteiger partial charge is 0.295 e. The number of rotatable bonds is 6. The molecule has 7 heteroatoms. The zero-order chi connectivity index (χ0) is 24.4. The van der Waals surface area contributed by atoms with Crippen molar-refractivity contribution in [3.63, 3.8) is 0 Å². The lowest BCUT2D eigenvalue weighted by molar-refractivity contribution is -0.139. The number of nitrogens with zero attached hydrogens (tertiary/aromatic N) is 1. The van der Waals surface area contributed by atoms with Crippen molar-refractivity contribution in [1.29, 1.82) is 0 Å². The van der Waals surface area contributed by atoms with Crippen molar-refractivity contribution in [1.82, 2.24) is 4.90 Å². The van der Waals surface area contributed by atoms with Gasteiger partial charge in [0.05, 0.1) is 18.7 Å². The molecule has 1 unspecified atom stereocenters. The van der Waals surface area contributed by atoms with Crippen LogP contribution in [0.3, 0.4) is 0 Å². The van der Waals surface area contributed by atoms with E-state index in [-0.39, 0.29) is 11.3 Å². The molecule has 1 atom stereocenters. The van der Waals surface area contributed by atoms with Gasteiger partial charge in [-0.05, 0) is 47.9 Å². The molecule has 1 fully saturated rings. The number of benzene rings is 3. The summed E-state index contributed by atoms with van der Waals surface area (Å²) in [6.07, 6.45) is 0.568. The Morgan fingerprint density at radius 2 is 1.74 bits per heavy atom. The molecule has 3 aromatic carbocycles. The maximum absolute atomic E-state index is 13.3. The summed E-state index contributed by atoms with van der Waals surface area (Å²) in [5, 5.41) is 11.3. The molecule has 1 N–H and O–H groups in total. The van der Waals surface area contributed by atoms with Gasteiger partial charge in [0.1, 0.15) is 24.7 Å². The van der Waals surface area contributed by atoms with E-state index in [0.717, 1.165) is 5.56 Å². The molecule has 0 aliphatic carbocycles. The summed E-state index contributed by atoms with van der Waals surface area (Å²) >= 11 is 0. The number of amides is 1. The van der Waals surface area contributed by atoms with E-state index in [9.17, 15) is 14.7 Å². The SMILES string of the molecule is COc1cccc(C2C(=C(O)c3ccc4c(c3)OCCO4)C(=O)C(=O)N2CCc2ccccc2)c1. The summed E-state index contributed by atoms with van der Waals surface area (Å²) < 4.78 is 16.6. The van der Waals surface area contributed by atoms with Crippen LogP contribution >= 0.6 is 0 Å². The third kappa shape index (κ3) is 4.33. The number of aliphatic hydroxyl groups excluding tert-OH is 1. The van der Waals surface area contributed by atoms with Crippen LogP contribution in [-0.2, 0) is 16.0 Å². The van der Waals surface area contributed by atoms with Crippen LogP contribution < -0.4 is 14.2 Å². The molecule has 1 amide bonds. The minimum absolute atomic E-state index is 0.0352. The molecule has 178 valence electrons. The predicted octanol–water partition coefficient (Wildman–Crippen LogP) is 4.13. The molecule has 2 heterocycles. The molecule has 0 radical (unpaired) electrons. The van der Waals surface area contributed by atoms with Crippen LogP contribution in [0.4, 0.5) is 0 Å². The van der Waals surface area contributed by atoms with Crippen molar-refractivity contribution in [2.45, 2.75) is 12.5 Å². The average molecular weight is 472 g/mol. The highest BCUT2D eigenvalue weighted by Gasteiger charge is 2.46. The van der Waals surface area contributed by atoms with E-state index in [4.69, 9.17) is 14.2 Å². The third-order valence-corrected chi connectivity index (χ3v) is 6.25. The summed E-state index contributed by atoms with van der Waals surface area (Å²) in [4.78, 5) is 28.0. The number of Topliss-reactive ketones (excluding diaryl/α,β-unsaturated/α-hetero) is 1. The lowest BCUT2D eigenvalue weighted by Gasteiger charge is -2.26. The summed E-state index contributed by atoms with van der Waals surface area (Å²) in [6, 6.07) is 21.2. The molecule has 3 aromatic rings. The van der Waals surface area contributed by atoms with Crippen LogP contribution in [0.2, 0.25) is 0 Å². The summed E-state index contributed by atoms with van der Waals surface area (Å²) in [7, 11) is 1.56. The van der Waals surface area contributed by atoms with Crippen LogP contribution in [0.15, 0.2) is 78.4 Å². The number of carbonyl (C=O) groups excluding carboxylic acids is 2. The van der Waals surface area contributed by atoms with Crippen LogP contribution in [0.1, 0.15) is 22.7 Å². The van der Waals surface area contributed by atoms with Gasteiger partial charge in [-0.25, -0.2) is 0 Å². The summed E-state index contributed by atoms with van der Waals surface area (Å²) in [6.45, 7) is 1.15. The quantitative estimate of drug-likeness (QED) is 0.331. The molecule has 35 heavy (non-hydrogen) atoms. The van der Waals surface area contributed by atoms with Crippen molar-refractivity contribution >= 4 is 17.4 Å². The first-order valence-corrected chi connectivity index (χ1v) is 11.4. The van der Waals surface area contributed by atoms with E-state index >= 15 is 0 Å². The lowest BCUT2D eigenvalue weighted by atomic mass is 9.95. The molecule has 0 spiro atoms. The summed E-state index contributed by atoms with van der Waals surface area (Å²) in [5.74, 6) is 0.0222. The highest BCUT2D eigenvalue weighted by atomic mass is 16.6. The van der Waals surface area contributed by atoms with Gasteiger partial charge in [0.2, 0.25) is 0 Å². The van der Waals surface area contributed by atoms with E-state index in [1.165, 1.54) is 4.90 Å². The van der Waals surface area contributed by atoms with Crippen molar-refractivity contribution in [2.75, 3.05) is 26.9 Å². The Labute approximate surface area is 203 Å². The Hall–Kier alpha value is -4.26. The maximum Gasteiger partial charge on any atom is 0.295 e. The van der Waals surface area contributed by atoms with Gasteiger partial charge in [-0.2, -0.15) is 0 Å². The van der Waals surface area contributed by atoms with Gasteiger partial charge in [0.25, 0.3) is 11.7 Å². The fraction of sp³-hybridized carbons (Fsp3) is 0.214. The topological polar surface area (TPSA) is 85.3 Å². The zero-order valence-corrected chi connectivity index (χ0v) is 19.3. The molecular formula is C28H25NO6. The van der Waals surface area contributed by atoms with Crippen LogP contribution in [-0.4, -0.2) is 48.6 Å². The Balaban J connectivity index is 1.58. The van der Waals surface area contributed by atoms with E-state index in [1.54, 1.807) is 43.5 Å². The predicted molar refractivity (Wildman–Crippen MR) is 130 cm³/mol. The molecule has 0 saturated carbocycles. The Kier molecular flexibility index (Phi) is 6.14. The van der Waals surface area contributed by atoms with Gasteiger partial charge < -0.3 is 24.2 Å². The van der Waals surface area contributed by atoms with E-state index in [2.05, 4.69) is 0 Å². The number of ether oxygens (including phenoxy) is 3. The summed E-state index contributed by atoms with van der Waals surface area (Å²) in [5.41, 5.74) is 2.14. The number of hydrogen-bond donors (Lipinski definition) is 1. The second-order valence-corrected chi connectivity index (χ2v) is 8.36. The number of methoxy groups -OCH3 is 1. The first-order chi connectivity index (χ1) is 17.1. The number of aliphatic hydroxyl groups is 1. The number of carbonyl (C=O) groups is 2. The first-order valence-electron chi connectivity index (χ1n) is 11.4. The van der Waals surface area contributed by atoms with E-state index in [1.807, 2.05) is 36.4 Å². The first kappa shape index (κ1) is 22.5. The number of fused-ring (bicyclic) bond motifs is 1. The van der Waals surface area contributed by atoms with Gasteiger partial charge >= 0.3 is 0 Å². The van der Waals surface area contributed by atoms with Gasteiger partial charge in [0.15, 0.2) is 11.5 Å². The van der Waals surface area contributed by atoms with Crippen LogP contribution in [0.25, 0.3) is 5.76 Å². The Bertz CT molecular complexity index is 1300. The molecule has 0 aromatic heterocycles. The normalized spacial score (nSPS) is 18.5. The average Bonchev–Trinajstić information content (AvgIpc) is 3.16. The molecule has 5 rings (SSSR count). The number of likely N-dealkylation sites (tertiary alicyclic amines) is 1. The van der Waals surface area contributed by atoms with Crippen LogP contribution in [0.5, 0.6) is 17.2 Å². The van der Waals surface area contributed by atoms with Crippen molar-refractivity contribution in [3.8, 4) is 17.2 Å². The second kappa shape index (κ2) is 9.54. The van der Waals surface area contributed by atoms with Crippen molar-refractivity contribution in [2.24, 2.45) is 0 Å². The molecule has 1 saturated heterocycles. The minimum Gasteiger partial charge on any atom is -0.507 e. The highest BCUT2D eigenvalue weighted by Crippen LogP contribution is 2.41. The minimum atomic E-state index is -0.762.